The second-order valence-corrected chi connectivity index (χ2v) is 7.55. The van der Waals surface area contributed by atoms with Gasteiger partial charge < -0.3 is 5.32 Å². The van der Waals surface area contributed by atoms with Crippen LogP contribution in [0.4, 0.5) is 0 Å². The van der Waals surface area contributed by atoms with E-state index in [0.717, 1.165) is 12.0 Å². The van der Waals surface area contributed by atoms with E-state index in [-0.39, 0.29) is 6.04 Å². The van der Waals surface area contributed by atoms with Crippen LogP contribution in [-0.2, 0) is 6.42 Å². The van der Waals surface area contributed by atoms with Crippen LogP contribution in [0.2, 0.25) is 10.0 Å². The summed E-state index contributed by atoms with van der Waals surface area (Å²) < 4.78 is 1.18. The molecule has 0 fully saturated rings. The van der Waals surface area contributed by atoms with Crippen LogP contribution in [0.15, 0.2) is 28.1 Å². The molecule has 0 spiro atoms. The predicted molar refractivity (Wildman–Crippen MR) is 88.7 cm³/mol. The van der Waals surface area contributed by atoms with Crippen molar-refractivity contribution in [2.24, 2.45) is 0 Å². The molecular weight excluding hydrogens is 365 g/mol. The maximum absolute atomic E-state index is 6.25. The number of rotatable bonds is 4. The Balaban J connectivity index is 2.26. The molecule has 1 nitrogen and oxygen atoms in total. The highest BCUT2D eigenvalue weighted by atomic mass is 79.9. The molecule has 1 atom stereocenters. The highest BCUT2D eigenvalue weighted by molar-refractivity contribution is 9.11. The number of aryl methyl sites for hydroxylation is 1. The highest BCUT2D eigenvalue weighted by Gasteiger charge is 2.16. The average Bonchev–Trinajstić information content (AvgIpc) is 2.71. The minimum absolute atomic E-state index is 0.242. The van der Waals surface area contributed by atoms with E-state index in [1.165, 1.54) is 14.2 Å². The Morgan fingerprint density at radius 1 is 1.37 bits per heavy atom. The second-order valence-electron chi connectivity index (χ2n) is 4.36. The summed E-state index contributed by atoms with van der Waals surface area (Å²) in [5.74, 6) is 0. The smallest absolute Gasteiger partial charge is 0.0731 e. The van der Waals surface area contributed by atoms with Crippen LogP contribution in [0.5, 0.6) is 0 Å². The Hall–Kier alpha value is -0.0600. The zero-order valence-electron chi connectivity index (χ0n) is 10.6. The minimum atomic E-state index is 0.242. The topological polar surface area (TPSA) is 12.0 Å². The van der Waals surface area contributed by atoms with Crippen LogP contribution in [0.3, 0.4) is 0 Å². The van der Waals surface area contributed by atoms with Gasteiger partial charge in [0, 0.05) is 10.9 Å². The minimum Gasteiger partial charge on any atom is -0.312 e. The first-order chi connectivity index (χ1) is 9.02. The maximum atomic E-state index is 6.25. The van der Waals surface area contributed by atoms with Gasteiger partial charge in [-0.1, -0.05) is 35.3 Å². The summed E-state index contributed by atoms with van der Waals surface area (Å²) in [6.07, 6.45) is 0.822. The Labute approximate surface area is 136 Å². The zero-order valence-corrected chi connectivity index (χ0v) is 14.6. The van der Waals surface area contributed by atoms with E-state index in [1.807, 2.05) is 25.2 Å². The number of likely N-dealkylation sites (N-methyl/N-ethyl adjacent to an activating group) is 1. The number of halogens is 3. The van der Waals surface area contributed by atoms with Crippen LogP contribution in [0.1, 0.15) is 22.0 Å². The third-order valence-corrected chi connectivity index (χ3v) is 6.13. The van der Waals surface area contributed by atoms with Gasteiger partial charge >= 0.3 is 0 Å². The first kappa shape index (κ1) is 15.3. The van der Waals surface area contributed by atoms with E-state index in [9.17, 15) is 0 Å². The molecule has 0 amide bonds. The van der Waals surface area contributed by atoms with Gasteiger partial charge in [0.1, 0.15) is 0 Å². The zero-order chi connectivity index (χ0) is 14.0. The lowest BCUT2D eigenvalue weighted by molar-refractivity contribution is 0.602. The number of nitrogens with one attached hydrogen (secondary N) is 1. The summed E-state index contributed by atoms with van der Waals surface area (Å²) in [4.78, 5) is 1.29. The molecule has 0 saturated carbocycles. The molecule has 0 radical (unpaired) electrons. The molecule has 5 heteroatoms. The van der Waals surface area contributed by atoms with Crippen molar-refractivity contribution in [1.29, 1.82) is 0 Å². The van der Waals surface area contributed by atoms with E-state index in [4.69, 9.17) is 23.2 Å². The van der Waals surface area contributed by atoms with Crippen LogP contribution >= 0.6 is 50.5 Å². The number of hydrogen-bond donors (Lipinski definition) is 1. The van der Waals surface area contributed by atoms with Crippen molar-refractivity contribution in [1.82, 2.24) is 5.32 Å². The van der Waals surface area contributed by atoms with Crippen molar-refractivity contribution in [2.75, 3.05) is 7.05 Å². The van der Waals surface area contributed by atoms with E-state index in [1.54, 1.807) is 11.3 Å². The fourth-order valence-corrected chi connectivity index (χ4v) is 4.00. The van der Waals surface area contributed by atoms with Crippen molar-refractivity contribution >= 4 is 50.5 Å². The molecule has 1 unspecified atom stereocenters. The van der Waals surface area contributed by atoms with Crippen LogP contribution in [0, 0.1) is 6.92 Å². The van der Waals surface area contributed by atoms with Crippen LogP contribution in [0.25, 0.3) is 0 Å². The van der Waals surface area contributed by atoms with Crippen molar-refractivity contribution in [2.45, 2.75) is 19.4 Å². The molecule has 0 bridgehead atoms. The molecule has 1 heterocycles. The summed E-state index contributed by atoms with van der Waals surface area (Å²) in [6.45, 7) is 2.10. The molecular formula is C14H14BrCl2NS. The Kier molecular flexibility index (Phi) is 5.32. The predicted octanol–water partition coefficient (Wildman–Crippen LogP) is 5.63. The molecule has 2 aromatic rings. The van der Waals surface area contributed by atoms with Crippen molar-refractivity contribution in [3.63, 3.8) is 0 Å². The van der Waals surface area contributed by atoms with Crippen molar-refractivity contribution < 1.29 is 0 Å². The third-order valence-electron chi connectivity index (χ3n) is 3.02. The quantitative estimate of drug-likeness (QED) is 0.726. The summed E-state index contributed by atoms with van der Waals surface area (Å²) in [6, 6.07) is 8.22. The van der Waals surface area contributed by atoms with Crippen LogP contribution < -0.4 is 5.32 Å². The van der Waals surface area contributed by atoms with E-state index < -0.39 is 0 Å². The molecule has 1 aromatic heterocycles. The molecule has 19 heavy (non-hydrogen) atoms. The molecule has 0 saturated heterocycles. The summed E-state index contributed by atoms with van der Waals surface area (Å²) >= 11 is 17.6. The van der Waals surface area contributed by atoms with E-state index in [2.05, 4.69) is 34.2 Å². The molecule has 1 aromatic carbocycles. The monoisotopic (exact) mass is 377 g/mol. The second kappa shape index (κ2) is 6.59. The lowest BCUT2D eigenvalue weighted by atomic mass is 10.0. The third kappa shape index (κ3) is 3.53. The molecule has 102 valence electrons. The first-order valence-electron chi connectivity index (χ1n) is 5.89. The maximum Gasteiger partial charge on any atom is 0.0731 e. The standard InChI is InChI=1S/C14H14BrCl2NS/c1-8-6-12(19-14(8)15)11(18-2)7-9-4-3-5-10(16)13(9)17/h3-6,11,18H,7H2,1-2H3. The normalized spacial score (nSPS) is 12.7. The van der Waals surface area contributed by atoms with E-state index in [0.29, 0.717) is 10.0 Å². The summed E-state index contributed by atoms with van der Waals surface area (Å²) in [5.41, 5.74) is 2.33. The lowest BCUT2D eigenvalue weighted by Gasteiger charge is -2.16. The number of thiophene rings is 1. The largest absolute Gasteiger partial charge is 0.312 e. The van der Waals surface area contributed by atoms with Gasteiger partial charge in [-0.25, -0.2) is 0 Å². The fourth-order valence-electron chi connectivity index (χ4n) is 1.93. The van der Waals surface area contributed by atoms with Crippen molar-refractivity contribution in [3.05, 3.63) is 54.1 Å². The van der Waals surface area contributed by atoms with E-state index >= 15 is 0 Å². The lowest BCUT2D eigenvalue weighted by Crippen LogP contribution is -2.17. The Morgan fingerprint density at radius 3 is 2.68 bits per heavy atom. The van der Waals surface area contributed by atoms with Gasteiger partial charge in [0.2, 0.25) is 0 Å². The van der Waals surface area contributed by atoms with Gasteiger partial charge in [-0.3, -0.25) is 0 Å². The van der Waals surface area contributed by atoms with Gasteiger partial charge in [0.25, 0.3) is 0 Å². The Morgan fingerprint density at radius 2 is 2.11 bits per heavy atom. The van der Waals surface area contributed by atoms with Gasteiger partial charge in [-0.05, 0) is 59.6 Å². The van der Waals surface area contributed by atoms with Gasteiger partial charge in [-0.2, -0.15) is 0 Å². The summed E-state index contributed by atoms with van der Waals surface area (Å²) in [5, 5.41) is 4.60. The SMILES string of the molecule is CNC(Cc1cccc(Cl)c1Cl)c1cc(C)c(Br)s1. The fraction of sp³-hybridized carbons (Fsp3) is 0.286. The number of hydrogen-bond acceptors (Lipinski definition) is 2. The van der Waals surface area contributed by atoms with Crippen molar-refractivity contribution in [3.8, 4) is 0 Å². The first-order valence-corrected chi connectivity index (χ1v) is 8.25. The van der Waals surface area contributed by atoms with Gasteiger partial charge in [0.15, 0.2) is 0 Å². The average molecular weight is 379 g/mol. The molecule has 1 N–H and O–H groups in total. The Bertz CT molecular complexity index is 563. The molecule has 2 rings (SSSR count). The summed E-state index contributed by atoms with van der Waals surface area (Å²) in [7, 11) is 1.96. The van der Waals surface area contributed by atoms with Crippen LogP contribution in [-0.4, -0.2) is 7.05 Å². The van der Waals surface area contributed by atoms with Gasteiger partial charge in [-0.15, -0.1) is 11.3 Å². The molecule has 0 aliphatic carbocycles. The highest BCUT2D eigenvalue weighted by Crippen LogP contribution is 2.34. The number of benzene rings is 1. The molecule has 0 aliphatic rings. The molecule has 0 aliphatic heterocycles. The van der Waals surface area contributed by atoms with Gasteiger partial charge in [0.05, 0.1) is 13.8 Å².